The highest BCUT2D eigenvalue weighted by atomic mass is 16.3. The lowest BCUT2D eigenvalue weighted by molar-refractivity contribution is -0.0168. The summed E-state index contributed by atoms with van der Waals surface area (Å²) in [6, 6.07) is 2.71. The average Bonchev–Trinajstić information content (AvgIpc) is 2.97. The Hall–Kier alpha value is -0.830. The van der Waals surface area contributed by atoms with E-state index in [1.165, 1.54) is 64.2 Å². The molecule has 0 aliphatic heterocycles. The molecule has 3 nitrogen and oxygen atoms in total. The quantitative estimate of drug-likeness (QED) is 0.899. The fraction of sp³-hybridized carbons (Fsp3) is 0.833. The van der Waals surface area contributed by atoms with E-state index in [-0.39, 0.29) is 0 Å². The first-order chi connectivity index (χ1) is 10.1. The Morgan fingerprint density at radius 2 is 1.71 bits per heavy atom. The molecule has 2 aliphatic rings. The van der Waals surface area contributed by atoms with E-state index < -0.39 is 5.60 Å². The maximum atomic E-state index is 10.9. The molecule has 0 spiro atoms. The number of aliphatic hydroxyl groups is 1. The highest BCUT2D eigenvalue weighted by Crippen LogP contribution is 2.34. The van der Waals surface area contributed by atoms with Crippen LogP contribution in [0.2, 0.25) is 0 Å². The van der Waals surface area contributed by atoms with E-state index in [1.807, 2.05) is 6.92 Å². The van der Waals surface area contributed by atoms with Gasteiger partial charge in [-0.05, 0) is 44.6 Å². The second-order valence-electron chi connectivity index (χ2n) is 7.45. The summed E-state index contributed by atoms with van der Waals surface area (Å²) in [7, 11) is 0. The van der Waals surface area contributed by atoms with Crippen molar-refractivity contribution in [3.05, 3.63) is 18.0 Å². The van der Waals surface area contributed by atoms with E-state index in [0.29, 0.717) is 18.4 Å². The van der Waals surface area contributed by atoms with E-state index >= 15 is 0 Å². The third-order valence-electron chi connectivity index (χ3n) is 5.64. The van der Waals surface area contributed by atoms with E-state index in [4.69, 9.17) is 5.10 Å². The van der Waals surface area contributed by atoms with E-state index in [9.17, 15) is 5.11 Å². The third kappa shape index (κ3) is 3.68. The minimum absolute atomic E-state index is 0.450. The average molecular weight is 290 g/mol. The Morgan fingerprint density at radius 1 is 1.10 bits per heavy atom. The van der Waals surface area contributed by atoms with Crippen molar-refractivity contribution in [3.63, 3.8) is 0 Å². The standard InChI is InChI=1S/C18H30N2O/c1-18(21,15-8-4-2-5-9-15)14-16-12-13-20(19-16)17-10-6-3-7-11-17/h12-13,15,17,21H,2-11,14H2,1H3. The normalized spacial score (nSPS) is 24.9. The third-order valence-corrected chi connectivity index (χ3v) is 5.64. The Balaban J connectivity index is 1.62. The molecule has 0 aromatic carbocycles. The molecule has 1 atom stereocenters. The highest BCUT2D eigenvalue weighted by Gasteiger charge is 2.33. The van der Waals surface area contributed by atoms with E-state index in [0.717, 1.165) is 5.69 Å². The smallest absolute Gasteiger partial charge is 0.0703 e. The lowest BCUT2D eigenvalue weighted by atomic mass is 9.76. The molecule has 0 bridgehead atoms. The Bertz CT molecular complexity index is 440. The first-order valence-corrected chi connectivity index (χ1v) is 8.91. The van der Waals surface area contributed by atoms with Gasteiger partial charge in [0.25, 0.3) is 0 Å². The summed E-state index contributed by atoms with van der Waals surface area (Å²) in [5.41, 5.74) is 0.475. The minimum atomic E-state index is -0.591. The molecular formula is C18H30N2O. The van der Waals surface area contributed by atoms with Gasteiger partial charge in [-0.3, -0.25) is 4.68 Å². The summed E-state index contributed by atoms with van der Waals surface area (Å²) in [6.07, 6.45) is 15.6. The largest absolute Gasteiger partial charge is 0.389 e. The highest BCUT2D eigenvalue weighted by molar-refractivity contribution is 5.05. The fourth-order valence-corrected chi connectivity index (χ4v) is 4.26. The van der Waals surface area contributed by atoms with Crippen molar-refractivity contribution in [3.8, 4) is 0 Å². The summed E-state index contributed by atoms with van der Waals surface area (Å²) in [4.78, 5) is 0. The topological polar surface area (TPSA) is 38.0 Å². The van der Waals surface area contributed by atoms with Gasteiger partial charge in [0.1, 0.15) is 0 Å². The number of hydrogen-bond acceptors (Lipinski definition) is 2. The molecule has 3 rings (SSSR count). The van der Waals surface area contributed by atoms with Crippen LogP contribution in [0.1, 0.15) is 82.9 Å². The molecule has 1 heterocycles. The zero-order valence-electron chi connectivity index (χ0n) is 13.4. The van der Waals surface area contributed by atoms with Crippen molar-refractivity contribution in [2.45, 2.75) is 89.2 Å². The van der Waals surface area contributed by atoms with Crippen LogP contribution in [0, 0.1) is 5.92 Å². The molecule has 1 aromatic heterocycles. The number of hydrogen-bond donors (Lipinski definition) is 1. The molecule has 2 fully saturated rings. The van der Waals surface area contributed by atoms with Crippen LogP contribution in [0.4, 0.5) is 0 Å². The monoisotopic (exact) mass is 290 g/mol. The Labute approximate surface area is 128 Å². The molecule has 1 unspecified atom stereocenters. The molecule has 0 radical (unpaired) electrons. The summed E-state index contributed by atoms with van der Waals surface area (Å²) >= 11 is 0. The van der Waals surface area contributed by atoms with Gasteiger partial charge in [0.15, 0.2) is 0 Å². The van der Waals surface area contributed by atoms with Crippen molar-refractivity contribution < 1.29 is 5.11 Å². The van der Waals surface area contributed by atoms with Crippen LogP contribution in [0.5, 0.6) is 0 Å². The van der Waals surface area contributed by atoms with Crippen LogP contribution in [0.3, 0.4) is 0 Å². The zero-order valence-corrected chi connectivity index (χ0v) is 13.4. The minimum Gasteiger partial charge on any atom is -0.389 e. The lowest BCUT2D eigenvalue weighted by Crippen LogP contribution is -2.38. The van der Waals surface area contributed by atoms with E-state index in [1.54, 1.807) is 0 Å². The fourth-order valence-electron chi connectivity index (χ4n) is 4.26. The van der Waals surface area contributed by atoms with Crippen LogP contribution < -0.4 is 0 Å². The van der Waals surface area contributed by atoms with Crippen LogP contribution in [0.15, 0.2) is 12.3 Å². The molecule has 1 N–H and O–H groups in total. The SMILES string of the molecule is CC(O)(Cc1ccn(C2CCCCC2)n1)C1CCCCC1. The first kappa shape index (κ1) is 15.1. The van der Waals surface area contributed by atoms with Gasteiger partial charge in [-0.25, -0.2) is 0 Å². The van der Waals surface area contributed by atoms with Gasteiger partial charge in [-0.2, -0.15) is 5.10 Å². The van der Waals surface area contributed by atoms with E-state index in [2.05, 4.69) is 16.9 Å². The van der Waals surface area contributed by atoms with Gasteiger partial charge in [0.2, 0.25) is 0 Å². The Morgan fingerprint density at radius 3 is 2.38 bits per heavy atom. The van der Waals surface area contributed by atoms with Gasteiger partial charge in [0.05, 0.1) is 17.3 Å². The van der Waals surface area contributed by atoms with Crippen LogP contribution in [-0.4, -0.2) is 20.5 Å². The molecule has 2 aliphatic carbocycles. The molecule has 0 amide bonds. The second kappa shape index (κ2) is 6.51. The summed E-state index contributed by atoms with van der Waals surface area (Å²) in [5, 5.41) is 15.6. The molecule has 1 aromatic rings. The van der Waals surface area contributed by atoms with Gasteiger partial charge in [-0.1, -0.05) is 38.5 Å². The number of rotatable bonds is 4. The van der Waals surface area contributed by atoms with Crippen molar-refractivity contribution in [2.75, 3.05) is 0 Å². The van der Waals surface area contributed by atoms with Crippen molar-refractivity contribution in [1.29, 1.82) is 0 Å². The first-order valence-electron chi connectivity index (χ1n) is 8.91. The molecule has 2 saturated carbocycles. The number of aromatic nitrogens is 2. The summed E-state index contributed by atoms with van der Waals surface area (Å²) < 4.78 is 2.16. The van der Waals surface area contributed by atoms with Crippen molar-refractivity contribution >= 4 is 0 Å². The van der Waals surface area contributed by atoms with Gasteiger partial charge < -0.3 is 5.11 Å². The summed E-state index contributed by atoms with van der Waals surface area (Å²) in [5.74, 6) is 0.450. The maximum absolute atomic E-state index is 10.9. The van der Waals surface area contributed by atoms with Gasteiger partial charge in [0, 0.05) is 12.6 Å². The lowest BCUT2D eigenvalue weighted by Gasteiger charge is -2.35. The summed E-state index contributed by atoms with van der Waals surface area (Å²) in [6.45, 7) is 2.02. The molecule has 118 valence electrons. The second-order valence-corrected chi connectivity index (χ2v) is 7.45. The van der Waals surface area contributed by atoms with Crippen LogP contribution >= 0.6 is 0 Å². The van der Waals surface area contributed by atoms with Crippen molar-refractivity contribution in [2.24, 2.45) is 5.92 Å². The molecular weight excluding hydrogens is 260 g/mol. The van der Waals surface area contributed by atoms with Crippen LogP contribution in [0.25, 0.3) is 0 Å². The molecule has 0 saturated heterocycles. The number of nitrogens with zero attached hydrogens (tertiary/aromatic N) is 2. The maximum Gasteiger partial charge on any atom is 0.0703 e. The van der Waals surface area contributed by atoms with Crippen LogP contribution in [-0.2, 0) is 6.42 Å². The predicted molar refractivity (Wildman–Crippen MR) is 85.3 cm³/mol. The van der Waals surface area contributed by atoms with Crippen molar-refractivity contribution in [1.82, 2.24) is 9.78 Å². The Kier molecular flexibility index (Phi) is 4.68. The molecule has 21 heavy (non-hydrogen) atoms. The zero-order chi connectivity index (χ0) is 14.7. The predicted octanol–water partition coefficient (Wildman–Crippen LogP) is 4.26. The molecule has 3 heteroatoms. The van der Waals surface area contributed by atoms with Gasteiger partial charge >= 0.3 is 0 Å². The van der Waals surface area contributed by atoms with Gasteiger partial charge in [-0.15, -0.1) is 0 Å².